The van der Waals surface area contributed by atoms with Crippen LogP contribution in [0.2, 0.25) is 0 Å². The van der Waals surface area contributed by atoms with Gasteiger partial charge in [0.05, 0.1) is 0 Å². The average Bonchev–Trinajstić information content (AvgIpc) is 1.84. The molecule has 0 aliphatic heterocycles. The molecule has 0 radical (unpaired) electrons. The van der Waals surface area contributed by atoms with Crippen molar-refractivity contribution in [2.45, 2.75) is 20.8 Å². The lowest BCUT2D eigenvalue weighted by atomic mass is 9.99. The average molecular weight is 178 g/mol. The molecule has 0 aromatic rings. The van der Waals surface area contributed by atoms with Crippen LogP contribution in [-0.2, 0) is 13.9 Å². The van der Waals surface area contributed by atoms with Crippen LogP contribution in [0, 0.1) is 5.41 Å². The van der Waals surface area contributed by atoms with E-state index in [4.69, 9.17) is 0 Å². The highest BCUT2D eigenvalue weighted by molar-refractivity contribution is 7.75. The molecule has 1 atom stereocenters. The van der Waals surface area contributed by atoms with Gasteiger partial charge >= 0.3 is 0 Å². The minimum atomic E-state index is -3.02. The number of carbonyl (C=O) groups is 1. The summed E-state index contributed by atoms with van der Waals surface area (Å²) in [5.41, 5.74) is -0.896. The maximum atomic E-state index is 11.4. The van der Waals surface area contributed by atoms with Crippen molar-refractivity contribution in [3.05, 3.63) is 0 Å². The smallest absolute Gasteiger partial charge is 0.264 e. The molecule has 11 heavy (non-hydrogen) atoms. The molecule has 4 heteroatoms. The zero-order chi connectivity index (χ0) is 9.28. The van der Waals surface area contributed by atoms with E-state index in [9.17, 15) is 9.36 Å². The van der Waals surface area contributed by atoms with E-state index >= 15 is 0 Å². The van der Waals surface area contributed by atoms with Gasteiger partial charge in [-0.05, 0) is 0 Å². The van der Waals surface area contributed by atoms with Crippen LogP contribution in [0.5, 0.6) is 0 Å². The van der Waals surface area contributed by atoms with Gasteiger partial charge in [0.25, 0.3) is 7.37 Å². The number of carbonyl (C=O) groups excluding carboxylic acids is 1. The molecule has 0 saturated heterocycles. The Labute approximate surface area is 67.6 Å². The highest BCUT2D eigenvalue weighted by Gasteiger charge is 2.35. The fraction of sp³-hybridized carbons (Fsp3) is 0.857. The van der Waals surface area contributed by atoms with Gasteiger partial charge in [-0.1, -0.05) is 20.8 Å². The van der Waals surface area contributed by atoms with Crippen molar-refractivity contribution < 1.29 is 13.9 Å². The van der Waals surface area contributed by atoms with E-state index in [0.717, 1.165) is 0 Å². The molecule has 0 amide bonds. The molecule has 0 spiro atoms. The zero-order valence-corrected chi connectivity index (χ0v) is 8.57. The van der Waals surface area contributed by atoms with Gasteiger partial charge in [0, 0.05) is 19.2 Å². The van der Waals surface area contributed by atoms with Gasteiger partial charge in [-0.15, -0.1) is 0 Å². The third-order valence-electron chi connectivity index (χ3n) is 1.36. The van der Waals surface area contributed by atoms with Gasteiger partial charge in [0.1, 0.15) is 0 Å². The summed E-state index contributed by atoms with van der Waals surface area (Å²) in [5.74, 6) is 0. The molecule has 0 fully saturated rings. The second-order valence-electron chi connectivity index (χ2n) is 3.58. The summed E-state index contributed by atoms with van der Waals surface area (Å²) in [6.45, 7) is 6.53. The molecule has 0 aliphatic carbocycles. The van der Waals surface area contributed by atoms with Crippen LogP contribution in [0.1, 0.15) is 20.8 Å². The second-order valence-corrected chi connectivity index (χ2v) is 6.05. The van der Waals surface area contributed by atoms with E-state index in [-0.39, 0.29) is 5.52 Å². The lowest BCUT2D eigenvalue weighted by Crippen LogP contribution is -2.20. The highest BCUT2D eigenvalue weighted by Crippen LogP contribution is 2.48. The molecule has 0 saturated carbocycles. The van der Waals surface area contributed by atoms with Crippen molar-refractivity contribution in [1.82, 2.24) is 0 Å². The van der Waals surface area contributed by atoms with Gasteiger partial charge in [0.2, 0.25) is 5.52 Å². The van der Waals surface area contributed by atoms with Gasteiger partial charge in [-0.2, -0.15) is 0 Å². The van der Waals surface area contributed by atoms with E-state index in [0.29, 0.717) is 0 Å². The van der Waals surface area contributed by atoms with Crippen LogP contribution in [0.25, 0.3) is 0 Å². The predicted octanol–water partition coefficient (Wildman–Crippen LogP) is 2.11. The first-order valence-corrected chi connectivity index (χ1v) is 5.47. The lowest BCUT2D eigenvalue weighted by molar-refractivity contribution is -0.119. The van der Waals surface area contributed by atoms with E-state index in [2.05, 4.69) is 4.52 Å². The van der Waals surface area contributed by atoms with Gasteiger partial charge in [0.15, 0.2) is 0 Å². The van der Waals surface area contributed by atoms with Crippen molar-refractivity contribution in [3.8, 4) is 0 Å². The molecule has 0 rings (SSSR count). The fourth-order valence-electron chi connectivity index (χ4n) is 0.692. The molecular weight excluding hydrogens is 163 g/mol. The third kappa shape index (κ3) is 2.76. The minimum Gasteiger partial charge on any atom is -0.327 e. The number of rotatable bonds is 2. The van der Waals surface area contributed by atoms with Crippen molar-refractivity contribution in [2.24, 2.45) is 5.41 Å². The molecule has 66 valence electrons. The van der Waals surface area contributed by atoms with Crippen molar-refractivity contribution >= 4 is 12.9 Å². The monoisotopic (exact) mass is 178 g/mol. The topological polar surface area (TPSA) is 43.4 Å². The Morgan fingerprint density at radius 1 is 1.36 bits per heavy atom. The highest BCUT2D eigenvalue weighted by atomic mass is 31.2. The number of hydrogen-bond acceptors (Lipinski definition) is 3. The van der Waals surface area contributed by atoms with Gasteiger partial charge < -0.3 is 4.52 Å². The first-order chi connectivity index (χ1) is 4.72. The number of hydrogen-bond donors (Lipinski definition) is 0. The maximum absolute atomic E-state index is 11.4. The molecule has 0 aliphatic rings. The SMILES string of the molecule is CO[P@@](C)(=O)C(=O)C(C)(C)C. The van der Waals surface area contributed by atoms with E-state index in [1.165, 1.54) is 13.8 Å². The van der Waals surface area contributed by atoms with Crippen LogP contribution < -0.4 is 0 Å². The largest absolute Gasteiger partial charge is 0.327 e. The summed E-state index contributed by atoms with van der Waals surface area (Å²) in [6, 6.07) is 0. The molecule has 0 unspecified atom stereocenters. The summed E-state index contributed by atoms with van der Waals surface area (Å²) >= 11 is 0. The Balaban J connectivity index is 4.65. The van der Waals surface area contributed by atoms with Crippen LogP contribution in [0.4, 0.5) is 0 Å². The standard InChI is InChI=1S/C7H15O3P/c1-7(2,3)6(8)11(5,9)10-4/h1-5H3/t11-/m1/s1. The molecule has 0 bridgehead atoms. The first-order valence-electron chi connectivity index (χ1n) is 3.40. The molecule has 0 aromatic heterocycles. The van der Waals surface area contributed by atoms with E-state index < -0.39 is 12.8 Å². The van der Waals surface area contributed by atoms with Crippen molar-refractivity contribution in [3.63, 3.8) is 0 Å². The summed E-state index contributed by atoms with van der Waals surface area (Å²) < 4.78 is 16.0. The Morgan fingerprint density at radius 2 is 1.73 bits per heavy atom. The van der Waals surface area contributed by atoms with E-state index in [1.54, 1.807) is 20.8 Å². The van der Waals surface area contributed by atoms with Gasteiger partial charge in [-0.3, -0.25) is 9.36 Å². The Kier molecular flexibility index (Phi) is 3.04. The molecule has 0 aromatic carbocycles. The normalized spacial score (nSPS) is 17.5. The Hall–Kier alpha value is -0.140. The van der Waals surface area contributed by atoms with Gasteiger partial charge in [-0.25, -0.2) is 0 Å². The predicted molar refractivity (Wildman–Crippen MR) is 45.0 cm³/mol. The zero-order valence-electron chi connectivity index (χ0n) is 7.67. The van der Waals surface area contributed by atoms with Crippen LogP contribution in [0.15, 0.2) is 0 Å². The lowest BCUT2D eigenvalue weighted by Gasteiger charge is -2.20. The van der Waals surface area contributed by atoms with Crippen LogP contribution in [-0.4, -0.2) is 19.3 Å². The first kappa shape index (κ1) is 10.9. The molecule has 0 N–H and O–H groups in total. The summed E-state index contributed by atoms with van der Waals surface area (Å²) in [6.07, 6.45) is 0. The van der Waals surface area contributed by atoms with Crippen LogP contribution >= 0.6 is 7.37 Å². The third-order valence-corrected chi connectivity index (χ3v) is 3.46. The molecular formula is C7H15O3P. The molecule has 0 heterocycles. The maximum Gasteiger partial charge on any atom is 0.264 e. The van der Waals surface area contributed by atoms with Crippen molar-refractivity contribution in [2.75, 3.05) is 13.8 Å². The summed E-state index contributed by atoms with van der Waals surface area (Å²) in [4.78, 5) is 11.3. The quantitative estimate of drug-likeness (QED) is 0.608. The van der Waals surface area contributed by atoms with Crippen molar-refractivity contribution in [1.29, 1.82) is 0 Å². The van der Waals surface area contributed by atoms with E-state index in [1.807, 2.05) is 0 Å². The minimum absolute atomic E-state index is 0.312. The summed E-state index contributed by atoms with van der Waals surface area (Å²) in [7, 11) is -1.73. The second kappa shape index (κ2) is 3.08. The Bertz CT molecular complexity index is 202. The fourth-order valence-corrected chi connectivity index (χ4v) is 2.08. The Morgan fingerprint density at radius 3 is 1.82 bits per heavy atom. The summed E-state index contributed by atoms with van der Waals surface area (Å²) in [5, 5.41) is 0. The molecule has 3 nitrogen and oxygen atoms in total. The van der Waals surface area contributed by atoms with Crippen LogP contribution in [0.3, 0.4) is 0 Å².